The Balaban J connectivity index is 3.95. The van der Waals surface area contributed by atoms with Crippen molar-refractivity contribution in [3.63, 3.8) is 0 Å². The van der Waals surface area contributed by atoms with Gasteiger partial charge >= 0.3 is 17.9 Å². The van der Waals surface area contributed by atoms with Gasteiger partial charge in [0.2, 0.25) is 0 Å². The molecule has 0 amide bonds. The first-order valence-corrected chi connectivity index (χ1v) is 30.3. The number of carbonyl (C=O) groups is 3. The second-order valence-corrected chi connectivity index (χ2v) is 20.6. The van der Waals surface area contributed by atoms with Gasteiger partial charge < -0.3 is 14.2 Å². The molecule has 0 saturated heterocycles. The first-order valence-electron chi connectivity index (χ1n) is 30.3. The Bertz CT molecular complexity index is 1100. The van der Waals surface area contributed by atoms with Crippen molar-refractivity contribution in [1.82, 2.24) is 0 Å². The Morgan fingerprint density at radius 1 is 0.294 bits per heavy atom. The minimum atomic E-state index is -0.762. The van der Waals surface area contributed by atoms with Gasteiger partial charge in [0.1, 0.15) is 13.2 Å². The van der Waals surface area contributed by atoms with Crippen molar-refractivity contribution < 1.29 is 28.6 Å². The fourth-order valence-electron chi connectivity index (χ4n) is 9.12. The highest BCUT2D eigenvalue weighted by Crippen LogP contribution is 2.17. The van der Waals surface area contributed by atoms with Gasteiger partial charge in [-0.1, -0.05) is 289 Å². The largest absolute Gasteiger partial charge is 0.462 e. The average molecular weight is 958 g/mol. The number of esters is 3. The highest BCUT2D eigenvalue weighted by Gasteiger charge is 2.19. The van der Waals surface area contributed by atoms with E-state index in [0.29, 0.717) is 19.3 Å². The van der Waals surface area contributed by atoms with Gasteiger partial charge in [-0.15, -0.1) is 0 Å². The smallest absolute Gasteiger partial charge is 0.306 e. The molecule has 0 N–H and O–H groups in total. The second kappa shape index (κ2) is 57.5. The van der Waals surface area contributed by atoms with Crippen LogP contribution in [-0.2, 0) is 28.6 Å². The molecule has 68 heavy (non-hydrogen) atoms. The van der Waals surface area contributed by atoms with Crippen LogP contribution in [0.4, 0.5) is 0 Å². The highest BCUT2D eigenvalue weighted by atomic mass is 16.6. The van der Waals surface area contributed by atoms with E-state index in [1.54, 1.807) is 0 Å². The quantitative estimate of drug-likeness (QED) is 0.0262. The highest BCUT2D eigenvalue weighted by molar-refractivity contribution is 5.71. The molecule has 0 saturated carbocycles. The fraction of sp³-hybridized carbons (Fsp3) is 0.887. The molecule has 0 rings (SSSR count). The normalized spacial score (nSPS) is 12.1. The Kier molecular flexibility index (Phi) is 55.7. The summed E-state index contributed by atoms with van der Waals surface area (Å²) in [7, 11) is 0. The molecule has 6 nitrogen and oxygen atoms in total. The lowest BCUT2D eigenvalue weighted by Crippen LogP contribution is -2.30. The van der Waals surface area contributed by atoms with E-state index in [2.05, 4.69) is 45.1 Å². The van der Waals surface area contributed by atoms with E-state index in [0.717, 1.165) is 64.2 Å². The lowest BCUT2D eigenvalue weighted by molar-refractivity contribution is -0.167. The summed E-state index contributed by atoms with van der Waals surface area (Å²) in [6.45, 7) is 6.64. The summed E-state index contributed by atoms with van der Waals surface area (Å²) in [5, 5.41) is 0. The molecule has 0 heterocycles. The number of ether oxygens (including phenoxy) is 3. The van der Waals surface area contributed by atoms with Crippen LogP contribution in [0.25, 0.3) is 0 Å². The Hall–Kier alpha value is -2.11. The maximum Gasteiger partial charge on any atom is 0.306 e. The van der Waals surface area contributed by atoms with Crippen molar-refractivity contribution in [2.75, 3.05) is 13.2 Å². The van der Waals surface area contributed by atoms with E-state index in [4.69, 9.17) is 14.2 Å². The number of rotatable bonds is 56. The van der Waals surface area contributed by atoms with Gasteiger partial charge in [-0.2, -0.15) is 0 Å². The molecule has 1 atom stereocenters. The van der Waals surface area contributed by atoms with Crippen molar-refractivity contribution in [3.05, 3.63) is 24.3 Å². The Morgan fingerprint density at radius 3 is 0.809 bits per heavy atom. The van der Waals surface area contributed by atoms with E-state index in [-0.39, 0.29) is 31.1 Å². The van der Waals surface area contributed by atoms with Crippen LogP contribution in [0.3, 0.4) is 0 Å². The molecule has 0 spiro atoms. The molecule has 1 unspecified atom stereocenters. The van der Waals surface area contributed by atoms with E-state index < -0.39 is 6.10 Å². The molecule has 0 aromatic carbocycles. The van der Waals surface area contributed by atoms with Gasteiger partial charge in [-0.05, 0) is 51.4 Å². The molecule has 0 aliphatic rings. The van der Waals surface area contributed by atoms with Crippen LogP contribution in [0.1, 0.15) is 335 Å². The standard InChI is InChI=1S/C62H116O6/c1-4-7-10-13-16-19-21-22-23-24-25-26-27-28-29-30-31-32-33-34-35-36-37-38-39-40-41-44-46-49-52-55-61(64)67-58-59(57-66-60(63)54-51-48-45-42-18-15-12-9-6-3)68-62(65)56-53-50-47-43-20-17-14-11-8-5-2/h21-22,24-25,59H,4-20,23,26-58H2,1-3H3/b22-21-,25-24-. The summed E-state index contributed by atoms with van der Waals surface area (Å²) in [5.74, 6) is -0.850. The molecule has 6 heteroatoms. The van der Waals surface area contributed by atoms with Crippen molar-refractivity contribution in [2.45, 2.75) is 341 Å². The summed E-state index contributed by atoms with van der Waals surface area (Å²) in [6, 6.07) is 0. The topological polar surface area (TPSA) is 78.9 Å². The van der Waals surface area contributed by atoms with Crippen LogP contribution in [0.15, 0.2) is 24.3 Å². The predicted octanol–water partition coefficient (Wildman–Crippen LogP) is 20.3. The molecule has 400 valence electrons. The SMILES string of the molecule is CCCCCCC/C=C\C/C=C\CCCCCCCCCCCCCCCCCCCCCC(=O)OCC(COC(=O)CCCCCCCCCCC)OC(=O)CCCCCCCCCCCC. The minimum Gasteiger partial charge on any atom is -0.462 e. The lowest BCUT2D eigenvalue weighted by atomic mass is 10.0. The molecule has 0 aromatic rings. The fourth-order valence-corrected chi connectivity index (χ4v) is 9.12. The summed E-state index contributed by atoms with van der Waals surface area (Å²) >= 11 is 0. The predicted molar refractivity (Wildman–Crippen MR) is 293 cm³/mol. The molecular formula is C62H116O6. The number of allylic oxidation sites excluding steroid dienone is 4. The van der Waals surface area contributed by atoms with Gasteiger partial charge in [0.25, 0.3) is 0 Å². The Labute approximate surface area is 423 Å². The third-order valence-corrected chi connectivity index (χ3v) is 13.7. The zero-order valence-electron chi connectivity index (χ0n) is 45.9. The summed E-state index contributed by atoms with van der Waals surface area (Å²) in [4.78, 5) is 37.9. The molecule has 0 aromatic heterocycles. The average Bonchev–Trinajstić information content (AvgIpc) is 3.34. The lowest BCUT2D eigenvalue weighted by Gasteiger charge is -2.18. The zero-order valence-corrected chi connectivity index (χ0v) is 45.9. The van der Waals surface area contributed by atoms with Crippen LogP contribution < -0.4 is 0 Å². The first-order chi connectivity index (χ1) is 33.5. The van der Waals surface area contributed by atoms with Crippen molar-refractivity contribution in [3.8, 4) is 0 Å². The van der Waals surface area contributed by atoms with E-state index >= 15 is 0 Å². The van der Waals surface area contributed by atoms with Gasteiger partial charge in [-0.25, -0.2) is 0 Å². The molecule has 0 aliphatic carbocycles. The third-order valence-electron chi connectivity index (χ3n) is 13.7. The van der Waals surface area contributed by atoms with E-state index in [1.165, 1.54) is 231 Å². The van der Waals surface area contributed by atoms with Crippen LogP contribution in [0.2, 0.25) is 0 Å². The molecule has 0 aliphatic heterocycles. The molecule has 0 radical (unpaired) electrons. The van der Waals surface area contributed by atoms with Crippen molar-refractivity contribution in [2.24, 2.45) is 0 Å². The molecule has 0 bridgehead atoms. The summed E-state index contributed by atoms with van der Waals surface area (Å²) in [6.07, 6.45) is 67.8. The number of unbranched alkanes of at least 4 members (excludes halogenated alkanes) is 41. The number of carbonyl (C=O) groups excluding carboxylic acids is 3. The molecular weight excluding hydrogens is 841 g/mol. The van der Waals surface area contributed by atoms with E-state index in [1.807, 2.05) is 0 Å². The summed E-state index contributed by atoms with van der Waals surface area (Å²) in [5.41, 5.74) is 0. The van der Waals surface area contributed by atoms with Crippen molar-refractivity contribution in [1.29, 1.82) is 0 Å². The van der Waals surface area contributed by atoms with Gasteiger partial charge in [0.05, 0.1) is 0 Å². The van der Waals surface area contributed by atoms with Gasteiger partial charge in [0, 0.05) is 19.3 Å². The Morgan fingerprint density at radius 2 is 0.529 bits per heavy atom. The molecule has 0 fully saturated rings. The minimum absolute atomic E-state index is 0.0647. The van der Waals surface area contributed by atoms with E-state index in [9.17, 15) is 14.4 Å². The maximum atomic E-state index is 12.7. The zero-order chi connectivity index (χ0) is 49.3. The number of hydrogen-bond acceptors (Lipinski definition) is 6. The van der Waals surface area contributed by atoms with Gasteiger partial charge in [0.15, 0.2) is 6.10 Å². The van der Waals surface area contributed by atoms with Crippen LogP contribution >= 0.6 is 0 Å². The van der Waals surface area contributed by atoms with Crippen LogP contribution in [0, 0.1) is 0 Å². The van der Waals surface area contributed by atoms with Crippen LogP contribution in [0.5, 0.6) is 0 Å². The van der Waals surface area contributed by atoms with Gasteiger partial charge in [-0.3, -0.25) is 14.4 Å². The summed E-state index contributed by atoms with van der Waals surface area (Å²) < 4.78 is 16.8. The number of hydrogen-bond donors (Lipinski definition) is 0. The maximum absolute atomic E-state index is 12.7. The second-order valence-electron chi connectivity index (χ2n) is 20.6. The van der Waals surface area contributed by atoms with Crippen LogP contribution in [-0.4, -0.2) is 37.2 Å². The van der Waals surface area contributed by atoms with Crippen molar-refractivity contribution >= 4 is 17.9 Å². The first kappa shape index (κ1) is 65.9. The third kappa shape index (κ3) is 54.8. The monoisotopic (exact) mass is 957 g/mol.